The van der Waals surface area contributed by atoms with Crippen molar-refractivity contribution in [1.82, 2.24) is 10.6 Å². The molecule has 0 spiro atoms. The fraction of sp³-hybridized carbons (Fsp3) is 0.481. The molecule has 3 rings (SSSR count). The maximum atomic E-state index is 13.3. The van der Waals surface area contributed by atoms with E-state index in [0.29, 0.717) is 18.1 Å². The van der Waals surface area contributed by atoms with Gasteiger partial charge in [-0.1, -0.05) is 74.1 Å². The number of ether oxygens (including phenoxy) is 1. The van der Waals surface area contributed by atoms with Crippen molar-refractivity contribution in [2.24, 2.45) is 11.8 Å². The number of carbonyl (C=O) groups excluding carboxylic acids is 2. The second kappa shape index (κ2) is 13.3. The number of carbonyl (C=O) groups is 2. The molecule has 1 aliphatic rings. The topological polar surface area (TPSA) is 108 Å². The molecule has 2 atom stereocenters. The third-order valence-electron chi connectivity index (χ3n) is 6.79. The van der Waals surface area contributed by atoms with Crippen molar-refractivity contribution in [3.05, 3.63) is 65.2 Å². The third kappa shape index (κ3) is 8.40. The zero-order valence-electron chi connectivity index (χ0n) is 20.7. The zero-order chi connectivity index (χ0) is 25.2. The second-order valence-electron chi connectivity index (χ2n) is 9.58. The van der Waals surface area contributed by atoms with Gasteiger partial charge in [0.05, 0.1) is 13.1 Å². The van der Waals surface area contributed by atoms with E-state index in [0.717, 1.165) is 42.4 Å². The van der Waals surface area contributed by atoms with Gasteiger partial charge >= 0.3 is 7.12 Å². The van der Waals surface area contributed by atoms with E-state index in [1.54, 1.807) is 7.11 Å². The summed E-state index contributed by atoms with van der Waals surface area (Å²) in [6, 6.07) is 15.1. The van der Waals surface area contributed by atoms with Gasteiger partial charge in [0.25, 0.3) is 0 Å². The number of nitrogens with one attached hydrogen (secondary N) is 2. The first-order valence-electron chi connectivity index (χ1n) is 12.5. The van der Waals surface area contributed by atoms with E-state index in [1.165, 1.54) is 6.42 Å². The first kappa shape index (κ1) is 26.8. The van der Waals surface area contributed by atoms with E-state index >= 15 is 0 Å². The standard InChI is InChI=1S/C27H37BN2O5/c1-19-11-13-21(14-12-19)17-25(28(33)34)30-27(32)24(16-20-7-4-3-5-8-20)26(31)29-18-22-9-6-10-23(15-22)35-2/h6,9-15,20,24-25,33-34H,3-5,7-8,16-18H2,1-2H3,(H,29,31)(H,30,32). The molecular formula is C27H37BN2O5. The van der Waals surface area contributed by atoms with E-state index in [9.17, 15) is 19.6 Å². The summed E-state index contributed by atoms with van der Waals surface area (Å²) in [4.78, 5) is 26.5. The molecule has 1 aliphatic carbocycles. The highest BCUT2D eigenvalue weighted by atomic mass is 16.5. The van der Waals surface area contributed by atoms with Crippen LogP contribution >= 0.6 is 0 Å². The van der Waals surface area contributed by atoms with Gasteiger partial charge in [0.1, 0.15) is 11.7 Å². The summed E-state index contributed by atoms with van der Waals surface area (Å²) in [5, 5.41) is 25.5. The molecule has 7 nitrogen and oxygen atoms in total. The van der Waals surface area contributed by atoms with Crippen LogP contribution in [0.4, 0.5) is 0 Å². The van der Waals surface area contributed by atoms with Gasteiger partial charge < -0.3 is 25.4 Å². The van der Waals surface area contributed by atoms with Crippen molar-refractivity contribution in [2.45, 2.75) is 64.4 Å². The zero-order valence-corrected chi connectivity index (χ0v) is 20.7. The molecule has 4 N–H and O–H groups in total. The summed E-state index contributed by atoms with van der Waals surface area (Å²) in [7, 11) is -0.152. The first-order chi connectivity index (χ1) is 16.9. The summed E-state index contributed by atoms with van der Waals surface area (Å²) in [5.41, 5.74) is 2.84. The average Bonchev–Trinajstić information content (AvgIpc) is 2.87. The highest BCUT2D eigenvalue weighted by Crippen LogP contribution is 2.29. The quantitative estimate of drug-likeness (QED) is 0.292. The Morgan fingerprint density at radius 1 is 1.03 bits per heavy atom. The SMILES string of the molecule is COc1cccc(CNC(=O)C(CC2CCCCC2)C(=O)NC(Cc2ccc(C)cc2)B(O)O)c1. The lowest BCUT2D eigenvalue weighted by Crippen LogP contribution is -2.52. The maximum absolute atomic E-state index is 13.3. The Hall–Kier alpha value is -2.84. The number of hydrogen-bond acceptors (Lipinski definition) is 5. The van der Waals surface area contributed by atoms with Crippen LogP contribution in [-0.4, -0.2) is 42.0 Å². The Labute approximate surface area is 208 Å². The van der Waals surface area contributed by atoms with Crippen LogP contribution in [0.25, 0.3) is 0 Å². The van der Waals surface area contributed by atoms with Gasteiger partial charge in [-0.05, 0) is 48.9 Å². The highest BCUT2D eigenvalue weighted by Gasteiger charge is 2.34. The number of rotatable bonds is 11. The lowest BCUT2D eigenvalue weighted by atomic mass is 9.75. The van der Waals surface area contributed by atoms with Crippen LogP contribution in [0.5, 0.6) is 5.75 Å². The molecule has 8 heteroatoms. The number of methoxy groups -OCH3 is 1. The predicted octanol–water partition coefficient (Wildman–Crippen LogP) is 2.95. The normalized spacial score (nSPS) is 15.7. The van der Waals surface area contributed by atoms with Gasteiger partial charge in [-0.2, -0.15) is 0 Å². The van der Waals surface area contributed by atoms with Crippen molar-refractivity contribution in [3.8, 4) is 5.75 Å². The van der Waals surface area contributed by atoms with Crippen molar-refractivity contribution < 1.29 is 24.4 Å². The number of aryl methyl sites for hydroxylation is 1. The molecule has 2 aromatic carbocycles. The minimum Gasteiger partial charge on any atom is -0.497 e. The highest BCUT2D eigenvalue weighted by molar-refractivity contribution is 6.43. The molecule has 0 aromatic heterocycles. The molecule has 35 heavy (non-hydrogen) atoms. The predicted molar refractivity (Wildman–Crippen MR) is 137 cm³/mol. The van der Waals surface area contributed by atoms with Gasteiger partial charge in [0.2, 0.25) is 11.8 Å². The Morgan fingerprint density at radius 3 is 2.40 bits per heavy atom. The van der Waals surface area contributed by atoms with Gasteiger partial charge in [0, 0.05) is 6.54 Å². The van der Waals surface area contributed by atoms with E-state index < -0.39 is 24.9 Å². The van der Waals surface area contributed by atoms with E-state index in [4.69, 9.17) is 4.74 Å². The van der Waals surface area contributed by atoms with Crippen LogP contribution < -0.4 is 15.4 Å². The van der Waals surface area contributed by atoms with Crippen molar-refractivity contribution in [2.75, 3.05) is 7.11 Å². The Bertz CT molecular complexity index is 960. The minimum atomic E-state index is -1.74. The summed E-state index contributed by atoms with van der Waals surface area (Å²) in [5.74, 6) is -1.63. The molecule has 0 radical (unpaired) electrons. The monoisotopic (exact) mass is 480 g/mol. The summed E-state index contributed by atoms with van der Waals surface area (Å²) >= 11 is 0. The van der Waals surface area contributed by atoms with Gasteiger partial charge in [0.15, 0.2) is 0 Å². The van der Waals surface area contributed by atoms with Gasteiger partial charge in [-0.25, -0.2) is 0 Å². The number of benzene rings is 2. The van der Waals surface area contributed by atoms with Crippen LogP contribution in [0.3, 0.4) is 0 Å². The molecule has 1 fully saturated rings. The first-order valence-corrected chi connectivity index (χ1v) is 12.5. The Morgan fingerprint density at radius 2 is 1.74 bits per heavy atom. The smallest absolute Gasteiger partial charge is 0.475 e. The minimum absolute atomic E-state index is 0.255. The molecule has 2 aromatic rings. The molecule has 2 unspecified atom stereocenters. The lowest BCUT2D eigenvalue weighted by molar-refractivity contribution is -0.136. The van der Waals surface area contributed by atoms with Crippen molar-refractivity contribution in [3.63, 3.8) is 0 Å². The Balaban J connectivity index is 1.69. The van der Waals surface area contributed by atoms with Crippen LogP contribution in [-0.2, 0) is 22.6 Å². The number of hydrogen-bond donors (Lipinski definition) is 4. The maximum Gasteiger partial charge on any atom is 0.475 e. The largest absolute Gasteiger partial charge is 0.497 e. The molecule has 1 saturated carbocycles. The third-order valence-corrected chi connectivity index (χ3v) is 6.79. The average molecular weight is 480 g/mol. The molecule has 0 bridgehead atoms. The van der Waals surface area contributed by atoms with Crippen molar-refractivity contribution >= 4 is 18.9 Å². The molecular weight excluding hydrogens is 443 g/mol. The van der Waals surface area contributed by atoms with Gasteiger partial charge in [-0.15, -0.1) is 0 Å². The summed E-state index contributed by atoms with van der Waals surface area (Å²) < 4.78 is 5.25. The summed E-state index contributed by atoms with van der Waals surface area (Å²) in [6.45, 7) is 2.25. The molecule has 188 valence electrons. The van der Waals surface area contributed by atoms with E-state index in [1.807, 2.05) is 55.5 Å². The van der Waals surface area contributed by atoms with Crippen LogP contribution in [0.1, 0.15) is 55.2 Å². The molecule has 0 aliphatic heterocycles. The fourth-order valence-electron chi connectivity index (χ4n) is 4.68. The Kier molecular flexibility index (Phi) is 10.2. The summed E-state index contributed by atoms with van der Waals surface area (Å²) in [6.07, 6.45) is 6.11. The van der Waals surface area contributed by atoms with E-state index in [-0.39, 0.29) is 18.9 Å². The molecule has 2 amide bonds. The molecule has 0 heterocycles. The molecule has 0 saturated heterocycles. The van der Waals surface area contributed by atoms with Crippen LogP contribution in [0.15, 0.2) is 48.5 Å². The second-order valence-corrected chi connectivity index (χ2v) is 9.58. The van der Waals surface area contributed by atoms with Crippen LogP contribution in [0, 0.1) is 18.8 Å². The fourth-order valence-corrected chi connectivity index (χ4v) is 4.68. The van der Waals surface area contributed by atoms with Crippen molar-refractivity contribution in [1.29, 1.82) is 0 Å². The van der Waals surface area contributed by atoms with E-state index in [2.05, 4.69) is 10.6 Å². The van der Waals surface area contributed by atoms with Crippen LogP contribution in [0.2, 0.25) is 0 Å². The number of amides is 2. The van der Waals surface area contributed by atoms with Gasteiger partial charge in [-0.3, -0.25) is 9.59 Å². The lowest BCUT2D eigenvalue weighted by Gasteiger charge is -2.27.